The van der Waals surface area contributed by atoms with E-state index in [1.165, 1.54) is 11.8 Å². The summed E-state index contributed by atoms with van der Waals surface area (Å²) < 4.78 is 19.6. The number of nitrogens with zero attached hydrogens (tertiary/aromatic N) is 3. The molecule has 5 atom stereocenters. The first-order valence-electron chi connectivity index (χ1n) is 14.8. The number of hydrogen-bond donors (Lipinski definition) is 1. The van der Waals surface area contributed by atoms with Gasteiger partial charge in [-0.05, 0) is 45.2 Å². The van der Waals surface area contributed by atoms with Gasteiger partial charge in [0.25, 0.3) is 8.32 Å². The van der Waals surface area contributed by atoms with E-state index in [2.05, 4.69) is 55.1 Å². The summed E-state index contributed by atoms with van der Waals surface area (Å²) in [7, 11) is -2.99. The first-order chi connectivity index (χ1) is 21.7. The van der Waals surface area contributed by atoms with Crippen molar-refractivity contribution < 1.29 is 23.8 Å². The monoisotopic (exact) mass is 639 g/mol. The van der Waals surface area contributed by atoms with E-state index in [0.29, 0.717) is 5.56 Å². The average molecular weight is 640 g/mol. The third kappa shape index (κ3) is 7.17. The molecule has 0 aliphatic carbocycles. The molecule has 0 spiro atoms. The van der Waals surface area contributed by atoms with Crippen LogP contribution in [0.3, 0.4) is 0 Å². The van der Waals surface area contributed by atoms with Gasteiger partial charge in [0.1, 0.15) is 29.8 Å². The number of azide groups is 1. The molecule has 0 bridgehead atoms. The fraction of sp³-hybridized carbons (Fsp3) is 0.286. The number of rotatable bonds is 10. The Labute approximate surface area is 269 Å². The first-order valence-corrected chi connectivity index (χ1v) is 17.6. The van der Waals surface area contributed by atoms with Crippen LogP contribution in [0.1, 0.15) is 31.1 Å². The van der Waals surface area contributed by atoms with Crippen LogP contribution in [0.2, 0.25) is 5.04 Å². The van der Waals surface area contributed by atoms with E-state index in [9.17, 15) is 15.4 Å². The Bertz CT molecular complexity index is 1550. The standard InChI is InChI=1S/C35H37N3O5SSi/c1-35(2,3)45(27-20-12-6-13-21-27,28-22-14-7-15-23-28)41-24-29-31(39)32(43-33(40)25-16-8-4-9-17-25)30(37-38-36)34(42-29)44-26-18-10-5-11-19-26/h4-23,29-32,34,39H,24H2,1-3H3/t29-,30-,31-,32-,34+/m1/s1. The Kier molecular flexibility index (Phi) is 10.5. The van der Waals surface area contributed by atoms with Gasteiger partial charge in [-0.1, -0.05) is 135 Å². The minimum atomic E-state index is -2.99. The zero-order valence-corrected chi connectivity index (χ0v) is 27.3. The highest BCUT2D eigenvalue weighted by Gasteiger charge is 2.53. The Hall–Kier alpha value is -3.89. The SMILES string of the molecule is CC(C)(C)[Si](OC[C@H]1O[C@@H](Sc2ccccc2)[C@H](N=[N+]=[N-])[C@@H](OC(=O)c2ccccc2)[C@@H]1O)(c1ccccc1)c1ccccc1. The summed E-state index contributed by atoms with van der Waals surface area (Å²) in [4.78, 5) is 17.2. The van der Waals surface area contributed by atoms with E-state index in [1.54, 1.807) is 30.3 Å². The second-order valence-electron chi connectivity index (χ2n) is 11.9. The number of carbonyl (C=O) groups excluding carboxylic acids is 1. The summed E-state index contributed by atoms with van der Waals surface area (Å²) >= 11 is 1.34. The normalized spacial score (nSPS) is 21.8. The van der Waals surface area contributed by atoms with Gasteiger partial charge in [0.2, 0.25) is 0 Å². The van der Waals surface area contributed by atoms with Crippen LogP contribution in [0.4, 0.5) is 0 Å². The number of hydrogen-bond acceptors (Lipinski definition) is 7. The minimum Gasteiger partial charge on any atom is -0.455 e. The summed E-state index contributed by atoms with van der Waals surface area (Å²) in [6, 6.07) is 37.5. The third-order valence-electron chi connectivity index (χ3n) is 7.96. The molecule has 0 unspecified atom stereocenters. The van der Waals surface area contributed by atoms with Crippen molar-refractivity contribution in [2.75, 3.05) is 6.61 Å². The van der Waals surface area contributed by atoms with Gasteiger partial charge >= 0.3 is 5.97 Å². The summed E-state index contributed by atoms with van der Waals surface area (Å²) in [6.45, 7) is 6.54. The minimum absolute atomic E-state index is 0.0165. The van der Waals surface area contributed by atoms with E-state index in [0.717, 1.165) is 15.3 Å². The largest absolute Gasteiger partial charge is 0.455 e. The van der Waals surface area contributed by atoms with Gasteiger partial charge in [-0.2, -0.15) is 0 Å². The van der Waals surface area contributed by atoms with E-state index in [4.69, 9.17) is 13.9 Å². The third-order valence-corrected chi connectivity index (χ3v) is 14.1. The smallest absolute Gasteiger partial charge is 0.338 e. The lowest BCUT2D eigenvalue weighted by atomic mass is 9.98. The highest BCUT2D eigenvalue weighted by Crippen LogP contribution is 2.40. The van der Waals surface area contributed by atoms with Crippen molar-refractivity contribution in [1.29, 1.82) is 0 Å². The molecular weight excluding hydrogens is 603 g/mol. The van der Waals surface area contributed by atoms with Gasteiger partial charge < -0.3 is 19.0 Å². The maximum Gasteiger partial charge on any atom is 0.338 e. The number of aliphatic hydroxyl groups is 1. The molecule has 1 aliphatic rings. The Morgan fingerprint density at radius 2 is 1.40 bits per heavy atom. The number of ether oxygens (including phenoxy) is 2. The van der Waals surface area contributed by atoms with Gasteiger partial charge in [-0.15, -0.1) is 0 Å². The van der Waals surface area contributed by atoms with Gasteiger partial charge in [-0.25, -0.2) is 4.79 Å². The zero-order valence-electron chi connectivity index (χ0n) is 25.5. The van der Waals surface area contributed by atoms with Gasteiger partial charge in [0.05, 0.1) is 12.2 Å². The zero-order chi connectivity index (χ0) is 31.9. The molecule has 1 saturated heterocycles. The summed E-state index contributed by atoms with van der Waals surface area (Å²) in [5.41, 5.74) is 9.08. The first kappa shape index (κ1) is 32.5. The molecule has 5 rings (SSSR count). The molecule has 45 heavy (non-hydrogen) atoms. The fourth-order valence-electron chi connectivity index (χ4n) is 5.82. The average Bonchev–Trinajstić information content (AvgIpc) is 3.06. The molecule has 4 aromatic rings. The van der Waals surface area contributed by atoms with Crippen molar-refractivity contribution in [3.05, 3.63) is 137 Å². The van der Waals surface area contributed by atoms with Crippen LogP contribution in [-0.4, -0.2) is 55.8 Å². The van der Waals surface area contributed by atoms with Crippen molar-refractivity contribution in [1.82, 2.24) is 0 Å². The van der Waals surface area contributed by atoms with Gasteiger partial charge in [0.15, 0.2) is 0 Å². The Morgan fingerprint density at radius 1 is 0.889 bits per heavy atom. The van der Waals surface area contributed by atoms with Gasteiger partial charge in [0, 0.05) is 9.81 Å². The number of carbonyl (C=O) groups is 1. The van der Waals surface area contributed by atoms with E-state index in [-0.39, 0.29) is 11.6 Å². The summed E-state index contributed by atoms with van der Waals surface area (Å²) in [6.07, 6.45) is -3.41. The maximum absolute atomic E-state index is 13.3. The highest BCUT2D eigenvalue weighted by molar-refractivity contribution is 7.99. The maximum atomic E-state index is 13.3. The molecule has 0 aromatic heterocycles. The van der Waals surface area contributed by atoms with Crippen LogP contribution in [-0.2, 0) is 13.9 Å². The van der Waals surface area contributed by atoms with Gasteiger partial charge in [-0.3, -0.25) is 0 Å². The van der Waals surface area contributed by atoms with Crippen molar-refractivity contribution in [2.24, 2.45) is 5.11 Å². The number of aliphatic hydroxyl groups excluding tert-OH is 1. The molecule has 10 heteroatoms. The predicted octanol–water partition coefficient (Wildman–Crippen LogP) is 6.35. The molecule has 1 fully saturated rings. The van der Waals surface area contributed by atoms with Crippen LogP contribution in [0.15, 0.2) is 131 Å². The number of benzene rings is 4. The van der Waals surface area contributed by atoms with Crippen molar-refractivity contribution >= 4 is 36.4 Å². The second kappa shape index (κ2) is 14.5. The van der Waals surface area contributed by atoms with Crippen molar-refractivity contribution in [3.63, 3.8) is 0 Å². The lowest BCUT2D eigenvalue weighted by molar-refractivity contribution is -0.165. The second-order valence-corrected chi connectivity index (χ2v) is 17.3. The lowest BCUT2D eigenvalue weighted by Crippen LogP contribution is -2.68. The Balaban J connectivity index is 1.53. The molecule has 0 radical (unpaired) electrons. The van der Waals surface area contributed by atoms with Crippen LogP contribution in [0.25, 0.3) is 10.4 Å². The summed E-state index contributed by atoms with van der Waals surface area (Å²) in [5, 5.41) is 17.6. The molecule has 1 aliphatic heterocycles. The Morgan fingerprint density at radius 3 is 1.91 bits per heavy atom. The van der Waals surface area contributed by atoms with E-state index >= 15 is 0 Å². The molecule has 4 aromatic carbocycles. The fourth-order valence-corrected chi connectivity index (χ4v) is 11.5. The highest BCUT2D eigenvalue weighted by atomic mass is 32.2. The molecule has 0 amide bonds. The summed E-state index contributed by atoms with van der Waals surface area (Å²) in [5.74, 6) is -0.630. The van der Waals surface area contributed by atoms with Crippen molar-refractivity contribution in [3.8, 4) is 0 Å². The van der Waals surface area contributed by atoms with Crippen LogP contribution < -0.4 is 10.4 Å². The quantitative estimate of drug-likeness (QED) is 0.0712. The van der Waals surface area contributed by atoms with Crippen LogP contribution in [0, 0.1) is 0 Å². The lowest BCUT2D eigenvalue weighted by Gasteiger charge is -2.46. The van der Waals surface area contributed by atoms with E-state index in [1.807, 2.05) is 66.7 Å². The number of thioether (sulfide) groups is 1. The van der Waals surface area contributed by atoms with Crippen molar-refractivity contribution in [2.45, 2.75) is 60.5 Å². The molecule has 232 valence electrons. The van der Waals surface area contributed by atoms with Crippen LogP contribution in [0.5, 0.6) is 0 Å². The molecular formula is C35H37N3O5SSi. The molecule has 8 nitrogen and oxygen atoms in total. The molecule has 0 saturated carbocycles. The molecule has 1 N–H and O–H groups in total. The number of esters is 1. The van der Waals surface area contributed by atoms with E-state index < -0.39 is 44.1 Å². The topological polar surface area (TPSA) is 114 Å². The predicted molar refractivity (Wildman–Crippen MR) is 179 cm³/mol. The molecule has 1 heterocycles. The van der Waals surface area contributed by atoms with Crippen LogP contribution >= 0.6 is 11.8 Å².